The summed E-state index contributed by atoms with van der Waals surface area (Å²) < 4.78 is 37.9. The summed E-state index contributed by atoms with van der Waals surface area (Å²) in [6.07, 6.45) is 1.51. The molecule has 2 aliphatic heterocycles. The number of aromatic nitrogens is 2. The number of likely N-dealkylation sites (tertiary alicyclic amines) is 1. The lowest BCUT2D eigenvalue weighted by molar-refractivity contribution is 0.132. The van der Waals surface area contributed by atoms with Crippen LogP contribution in [0, 0.1) is 32.5 Å². The number of amides is 1. The van der Waals surface area contributed by atoms with E-state index in [1.807, 2.05) is 37.3 Å². The minimum atomic E-state index is -0.690. The van der Waals surface area contributed by atoms with Gasteiger partial charge in [-0.05, 0) is 93.2 Å². The number of fused-ring (bicyclic) bond motifs is 1. The van der Waals surface area contributed by atoms with Crippen molar-refractivity contribution in [2.75, 3.05) is 44.8 Å². The number of carbonyl (C=O) groups excluding carboxylic acids is 1. The highest BCUT2D eigenvalue weighted by Gasteiger charge is 2.20. The largest absolute Gasteiger partial charge is 0.490 e. The molecule has 3 aromatic carbocycles. The summed E-state index contributed by atoms with van der Waals surface area (Å²) in [6, 6.07) is 15.8. The van der Waals surface area contributed by atoms with Gasteiger partial charge in [0.05, 0.1) is 12.3 Å². The van der Waals surface area contributed by atoms with Gasteiger partial charge in [0.2, 0.25) is 11.8 Å². The van der Waals surface area contributed by atoms with Gasteiger partial charge in [-0.25, -0.2) is 14.2 Å². The number of nitrogens with zero attached hydrogens (tertiary/aromatic N) is 3. The van der Waals surface area contributed by atoms with E-state index in [4.69, 9.17) is 23.9 Å². The second-order valence-corrected chi connectivity index (χ2v) is 12.3. The Morgan fingerprint density at radius 1 is 1.00 bits per heavy atom. The van der Waals surface area contributed by atoms with Crippen molar-refractivity contribution in [3.05, 3.63) is 82.7 Å². The Labute approximate surface area is 280 Å². The number of piperidine rings is 1. The van der Waals surface area contributed by atoms with E-state index < -0.39 is 11.9 Å². The minimum absolute atomic E-state index is 0.0360. The molecule has 0 spiro atoms. The number of rotatable bonds is 10. The summed E-state index contributed by atoms with van der Waals surface area (Å²) in [7, 11) is 0. The number of benzene rings is 3. The van der Waals surface area contributed by atoms with E-state index in [0.717, 1.165) is 60.3 Å². The van der Waals surface area contributed by atoms with E-state index in [9.17, 15) is 4.79 Å². The van der Waals surface area contributed by atoms with E-state index in [2.05, 4.69) is 41.3 Å². The molecule has 252 valence electrons. The second kappa shape index (κ2) is 14.9. The Bertz CT molecular complexity index is 1780. The summed E-state index contributed by atoms with van der Waals surface area (Å²) in [5, 5.41) is 5.85. The Kier molecular flexibility index (Phi) is 10.2. The van der Waals surface area contributed by atoms with Crippen LogP contribution in [0.4, 0.5) is 20.8 Å². The maximum absolute atomic E-state index is 15.2. The molecule has 0 bridgehead atoms. The van der Waals surface area contributed by atoms with E-state index >= 15 is 4.39 Å². The van der Waals surface area contributed by atoms with Gasteiger partial charge in [-0.15, -0.1) is 0 Å². The second-order valence-electron chi connectivity index (χ2n) is 12.3. The highest BCUT2D eigenvalue weighted by molar-refractivity contribution is 5.73. The fraction of sp³-hybridized carbons (Fsp3) is 0.378. The lowest BCUT2D eigenvalue weighted by atomic mass is 9.97. The summed E-state index contributed by atoms with van der Waals surface area (Å²) in [5.41, 5.74) is 6.00. The highest BCUT2D eigenvalue weighted by Crippen LogP contribution is 2.32. The first kappa shape index (κ1) is 33.0. The van der Waals surface area contributed by atoms with Crippen molar-refractivity contribution in [1.29, 1.82) is 0 Å². The lowest BCUT2D eigenvalue weighted by Gasteiger charge is -2.31. The van der Waals surface area contributed by atoms with Crippen molar-refractivity contribution < 1.29 is 28.1 Å². The maximum Gasteiger partial charge on any atom is 0.414 e. The van der Waals surface area contributed by atoms with Crippen LogP contribution in [0.3, 0.4) is 0 Å². The van der Waals surface area contributed by atoms with Crippen molar-refractivity contribution >= 4 is 17.7 Å². The van der Waals surface area contributed by atoms with Gasteiger partial charge in [0.1, 0.15) is 13.2 Å². The SMILES string of the molecule is CCN1CCCC(COc2ccc(Nc3nc(OC(=O)NCc4ccc5c(c4)OCCO5)cc(-c4ccc(C)c(C)c4C)n3)cc2F)C1. The standard InChI is InChI=1S/C37H42FN5O5/c1-5-43-14-6-7-27(21-43)22-47-32-13-10-28(18-30(32)38)40-36-41-31(29-11-8-23(2)24(3)25(29)4)19-35(42-36)48-37(44)39-20-26-9-12-33-34(17-26)46-16-15-45-33/h8-13,17-19,27H,5-7,14-16,20-22H2,1-4H3,(H,39,44)(H,40,41,42). The Morgan fingerprint density at radius 3 is 2.65 bits per heavy atom. The Hall–Kier alpha value is -4.90. The molecule has 1 saturated heterocycles. The molecule has 1 unspecified atom stereocenters. The molecule has 4 aromatic rings. The number of carbonyl (C=O) groups is 1. The molecule has 1 aromatic heterocycles. The minimum Gasteiger partial charge on any atom is -0.490 e. The van der Waals surface area contributed by atoms with E-state index in [1.165, 1.54) is 6.07 Å². The van der Waals surface area contributed by atoms with Crippen LogP contribution in [0.2, 0.25) is 0 Å². The van der Waals surface area contributed by atoms with Gasteiger partial charge in [0.25, 0.3) is 0 Å². The molecule has 2 aliphatic rings. The molecular weight excluding hydrogens is 613 g/mol. The number of hydrogen-bond donors (Lipinski definition) is 2. The van der Waals surface area contributed by atoms with Crippen molar-refractivity contribution in [1.82, 2.24) is 20.2 Å². The predicted molar refractivity (Wildman–Crippen MR) is 182 cm³/mol. The average molecular weight is 656 g/mol. The topological polar surface area (TPSA) is 107 Å². The molecule has 1 fully saturated rings. The molecule has 0 saturated carbocycles. The van der Waals surface area contributed by atoms with Gasteiger partial charge < -0.3 is 34.5 Å². The van der Waals surface area contributed by atoms with E-state index in [-0.39, 0.29) is 24.1 Å². The molecule has 1 amide bonds. The normalized spacial score (nSPS) is 15.9. The monoisotopic (exact) mass is 655 g/mol. The summed E-state index contributed by atoms with van der Waals surface area (Å²) in [6.45, 7) is 13.0. The van der Waals surface area contributed by atoms with Crippen LogP contribution in [-0.4, -0.2) is 60.4 Å². The quantitative estimate of drug-likeness (QED) is 0.185. The van der Waals surface area contributed by atoms with Gasteiger partial charge in [0, 0.05) is 42.4 Å². The van der Waals surface area contributed by atoms with Crippen molar-refractivity contribution in [3.63, 3.8) is 0 Å². The van der Waals surface area contributed by atoms with Gasteiger partial charge in [-0.3, -0.25) is 0 Å². The van der Waals surface area contributed by atoms with Crippen molar-refractivity contribution in [2.24, 2.45) is 5.92 Å². The molecule has 10 nitrogen and oxygen atoms in total. The first-order valence-corrected chi connectivity index (χ1v) is 16.5. The first-order valence-electron chi connectivity index (χ1n) is 16.5. The van der Waals surface area contributed by atoms with Crippen LogP contribution < -0.4 is 29.6 Å². The zero-order valence-corrected chi connectivity index (χ0v) is 27.9. The molecule has 6 rings (SSSR count). The van der Waals surface area contributed by atoms with E-state index in [0.29, 0.717) is 48.6 Å². The third-order valence-electron chi connectivity index (χ3n) is 8.99. The summed E-state index contributed by atoms with van der Waals surface area (Å²) in [4.78, 5) is 24.5. The number of hydrogen-bond acceptors (Lipinski definition) is 9. The first-order chi connectivity index (χ1) is 23.2. The third-order valence-corrected chi connectivity index (χ3v) is 8.99. The molecule has 0 radical (unpaired) electrons. The van der Waals surface area contributed by atoms with Crippen molar-refractivity contribution in [3.8, 4) is 34.4 Å². The third kappa shape index (κ3) is 7.96. The van der Waals surface area contributed by atoms with Crippen LogP contribution in [0.5, 0.6) is 23.1 Å². The molecule has 3 heterocycles. The number of ether oxygens (including phenoxy) is 4. The van der Waals surface area contributed by atoms with Crippen LogP contribution in [0.25, 0.3) is 11.3 Å². The molecular formula is C37H42FN5O5. The molecule has 48 heavy (non-hydrogen) atoms. The van der Waals surface area contributed by atoms with Crippen molar-refractivity contribution in [2.45, 2.75) is 47.1 Å². The summed E-state index contributed by atoms with van der Waals surface area (Å²) in [5.74, 6) is 1.58. The summed E-state index contributed by atoms with van der Waals surface area (Å²) >= 11 is 0. The number of anilines is 2. The zero-order chi connectivity index (χ0) is 33.6. The van der Waals surface area contributed by atoms with Gasteiger partial charge in [0.15, 0.2) is 23.1 Å². The molecule has 2 N–H and O–H groups in total. The molecule has 1 atom stereocenters. The fourth-order valence-corrected chi connectivity index (χ4v) is 6.01. The van der Waals surface area contributed by atoms with Crippen LogP contribution in [0.15, 0.2) is 54.6 Å². The Morgan fingerprint density at radius 2 is 1.83 bits per heavy atom. The number of halogens is 1. The number of aryl methyl sites for hydroxylation is 1. The van der Waals surface area contributed by atoms with Crippen LogP contribution in [0.1, 0.15) is 42.0 Å². The van der Waals surface area contributed by atoms with Gasteiger partial charge in [-0.2, -0.15) is 4.98 Å². The Balaban J connectivity index is 1.18. The van der Waals surface area contributed by atoms with Gasteiger partial charge in [-0.1, -0.05) is 25.1 Å². The average Bonchev–Trinajstić information content (AvgIpc) is 3.09. The maximum atomic E-state index is 15.2. The highest BCUT2D eigenvalue weighted by atomic mass is 19.1. The van der Waals surface area contributed by atoms with E-state index in [1.54, 1.807) is 18.2 Å². The smallest absolute Gasteiger partial charge is 0.414 e. The van der Waals surface area contributed by atoms with Crippen LogP contribution >= 0.6 is 0 Å². The molecule has 0 aliphatic carbocycles. The van der Waals surface area contributed by atoms with Gasteiger partial charge >= 0.3 is 6.09 Å². The lowest BCUT2D eigenvalue weighted by Crippen LogP contribution is -2.37. The van der Waals surface area contributed by atoms with Crippen LogP contribution in [-0.2, 0) is 6.54 Å². The predicted octanol–water partition coefficient (Wildman–Crippen LogP) is 7.12. The molecule has 11 heteroatoms. The number of nitrogens with one attached hydrogen (secondary N) is 2. The zero-order valence-electron chi connectivity index (χ0n) is 27.9. The fourth-order valence-electron chi connectivity index (χ4n) is 6.01.